The van der Waals surface area contributed by atoms with Crippen molar-refractivity contribution in [2.24, 2.45) is 0 Å². The molecule has 0 aliphatic carbocycles. The van der Waals surface area contributed by atoms with Crippen molar-refractivity contribution in [2.45, 2.75) is 19.6 Å². The van der Waals surface area contributed by atoms with Gasteiger partial charge >= 0.3 is 5.80 Å². The van der Waals surface area contributed by atoms with Crippen LogP contribution in [0.1, 0.15) is 11.1 Å². The first-order valence-electron chi connectivity index (χ1n) is 4.43. The molecule has 1 aromatic carbocycles. The molecule has 0 unspecified atom stereocenters. The van der Waals surface area contributed by atoms with Crippen LogP contribution in [-0.4, -0.2) is 20.1 Å². The molecule has 0 aliphatic heterocycles. The fraction of sp³-hybridized carbons (Fsp3) is 0.400. The van der Waals surface area contributed by atoms with Gasteiger partial charge in [-0.1, -0.05) is 18.2 Å². The van der Waals surface area contributed by atoms with Crippen molar-refractivity contribution in [1.29, 1.82) is 0 Å². The van der Waals surface area contributed by atoms with Crippen molar-refractivity contribution in [1.82, 2.24) is 0 Å². The van der Waals surface area contributed by atoms with Crippen molar-refractivity contribution in [2.75, 3.05) is 5.50 Å². The van der Waals surface area contributed by atoms with Gasteiger partial charge in [-0.2, -0.15) is 13.2 Å². The highest BCUT2D eigenvalue weighted by molar-refractivity contribution is 6.80. The third kappa shape index (κ3) is 2.75. The summed E-state index contributed by atoms with van der Waals surface area (Å²) in [5.41, 5.74) is 1.26. The van der Waals surface area contributed by atoms with Gasteiger partial charge in [0.1, 0.15) is 0 Å². The van der Waals surface area contributed by atoms with Crippen molar-refractivity contribution in [3.63, 3.8) is 0 Å². The molecule has 1 aromatic rings. The first-order valence-corrected chi connectivity index (χ1v) is 6.67. The number of rotatable bonds is 2. The molecule has 83 valence electrons. The zero-order chi connectivity index (χ0) is 11.6. The van der Waals surface area contributed by atoms with Crippen LogP contribution in [0.25, 0.3) is 0 Å². The van der Waals surface area contributed by atoms with Crippen LogP contribution in [0.5, 0.6) is 0 Å². The quantitative estimate of drug-likeness (QED) is 0.560. The van der Waals surface area contributed by atoms with Crippen LogP contribution in [-0.2, 0) is 0 Å². The minimum Gasteiger partial charge on any atom is -0.177 e. The Kier molecular flexibility index (Phi) is 3.84. The Bertz CT molecular complexity index is 349. The average molecular weight is 252 g/mol. The van der Waals surface area contributed by atoms with Gasteiger partial charge in [0, 0.05) is 5.50 Å². The minimum absolute atomic E-state index is 0.335. The summed E-state index contributed by atoms with van der Waals surface area (Å²) in [4.78, 5) is 0. The van der Waals surface area contributed by atoms with E-state index in [1.54, 1.807) is 13.0 Å². The van der Waals surface area contributed by atoms with Crippen LogP contribution in [0.3, 0.4) is 0 Å². The van der Waals surface area contributed by atoms with E-state index in [0.717, 1.165) is 5.56 Å². The highest BCUT2D eigenvalue weighted by Gasteiger charge is 2.43. The number of alkyl halides is 4. The predicted octanol–water partition coefficient (Wildman–Crippen LogP) is 2.88. The van der Waals surface area contributed by atoms with Crippen molar-refractivity contribution in [3.8, 4) is 0 Å². The SMILES string of the molecule is Cc1cccc([Si](CCl)C(F)(F)F)c1C. The van der Waals surface area contributed by atoms with Crippen LogP contribution in [0.2, 0.25) is 0 Å². The minimum atomic E-state index is -4.18. The molecule has 0 amide bonds. The fourth-order valence-electron chi connectivity index (χ4n) is 1.38. The molecule has 0 nitrogen and oxygen atoms in total. The van der Waals surface area contributed by atoms with Crippen LogP contribution < -0.4 is 5.19 Å². The lowest BCUT2D eigenvalue weighted by molar-refractivity contribution is -0.0496. The van der Waals surface area contributed by atoms with E-state index >= 15 is 0 Å². The average Bonchev–Trinajstić information content (AvgIpc) is 2.11. The summed E-state index contributed by atoms with van der Waals surface area (Å²) in [6.45, 7) is 3.52. The van der Waals surface area contributed by atoms with Crippen molar-refractivity contribution >= 4 is 25.6 Å². The number of hydrogen-bond acceptors (Lipinski definition) is 0. The molecular formula is C10H11ClF3Si. The Morgan fingerprint density at radius 3 is 2.33 bits per heavy atom. The maximum atomic E-state index is 12.7. The first kappa shape index (κ1) is 12.6. The van der Waals surface area contributed by atoms with E-state index in [4.69, 9.17) is 11.6 Å². The molecule has 0 heterocycles. The molecule has 5 heteroatoms. The Morgan fingerprint density at radius 2 is 1.87 bits per heavy atom. The van der Waals surface area contributed by atoms with Crippen LogP contribution >= 0.6 is 11.6 Å². The van der Waals surface area contributed by atoms with E-state index in [0.29, 0.717) is 10.8 Å². The summed E-state index contributed by atoms with van der Waals surface area (Å²) in [6.07, 6.45) is 0. The molecule has 1 radical (unpaired) electrons. The van der Waals surface area contributed by atoms with Gasteiger partial charge in [-0.3, -0.25) is 0 Å². The second kappa shape index (κ2) is 4.57. The topological polar surface area (TPSA) is 0 Å². The summed E-state index contributed by atoms with van der Waals surface area (Å²) < 4.78 is 38.0. The normalized spacial score (nSPS) is 12.2. The van der Waals surface area contributed by atoms with Gasteiger partial charge in [0.05, 0.1) is 0 Å². The lowest BCUT2D eigenvalue weighted by Crippen LogP contribution is -2.48. The number of halogens is 4. The second-order valence-corrected chi connectivity index (χ2v) is 6.49. The first-order chi connectivity index (χ1) is 6.88. The van der Waals surface area contributed by atoms with E-state index in [1.807, 2.05) is 13.0 Å². The Hall–Kier alpha value is -0.483. The monoisotopic (exact) mass is 251 g/mol. The highest BCUT2D eigenvalue weighted by atomic mass is 35.5. The summed E-state index contributed by atoms with van der Waals surface area (Å²) >= 11 is 5.44. The molecule has 0 aromatic heterocycles. The Labute approximate surface area is 93.7 Å². The summed E-state index contributed by atoms with van der Waals surface area (Å²) in [5, 5.41) is 0.377. The Balaban J connectivity index is 3.19. The Morgan fingerprint density at radius 1 is 1.27 bits per heavy atom. The zero-order valence-electron chi connectivity index (χ0n) is 8.45. The third-order valence-corrected chi connectivity index (χ3v) is 5.35. The maximum Gasteiger partial charge on any atom is 0.365 e. The van der Waals surface area contributed by atoms with E-state index in [9.17, 15) is 13.2 Å². The number of hydrogen-bond donors (Lipinski definition) is 0. The standard InChI is InChI=1S/C10H11ClF3Si/c1-7-4-3-5-9(8(7)2)15(6-11)10(12,13)14/h3-5H,6H2,1-2H3. The van der Waals surface area contributed by atoms with Gasteiger partial charge in [-0.15, -0.1) is 11.6 Å². The van der Waals surface area contributed by atoms with Crippen LogP contribution in [0.15, 0.2) is 18.2 Å². The predicted molar refractivity (Wildman–Crippen MR) is 58.1 cm³/mol. The lowest BCUT2D eigenvalue weighted by atomic mass is 10.1. The highest BCUT2D eigenvalue weighted by Crippen LogP contribution is 2.21. The van der Waals surface area contributed by atoms with Gasteiger partial charge in [0.15, 0.2) is 0 Å². The largest absolute Gasteiger partial charge is 0.365 e. The zero-order valence-corrected chi connectivity index (χ0v) is 10.2. The molecule has 15 heavy (non-hydrogen) atoms. The van der Waals surface area contributed by atoms with E-state index in [1.165, 1.54) is 6.07 Å². The smallest absolute Gasteiger partial charge is 0.177 e. The molecule has 0 fully saturated rings. The summed E-state index contributed by atoms with van der Waals surface area (Å²) in [7, 11) is -2.66. The van der Waals surface area contributed by atoms with Gasteiger partial charge in [0.25, 0.3) is 0 Å². The third-order valence-electron chi connectivity index (χ3n) is 2.41. The fourth-order valence-corrected chi connectivity index (χ4v) is 3.81. The summed E-state index contributed by atoms with van der Waals surface area (Å²) in [5.74, 6) is -4.18. The van der Waals surface area contributed by atoms with Gasteiger partial charge in [-0.05, 0) is 30.2 Å². The molecule has 0 aliphatic rings. The van der Waals surface area contributed by atoms with Crippen LogP contribution in [0, 0.1) is 13.8 Å². The van der Waals surface area contributed by atoms with Gasteiger partial charge in [-0.25, -0.2) is 0 Å². The molecular weight excluding hydrogens is 241 g/mol. The van der Waals surface area contributed by atoms with E-state index in [-0.39, 0.29) is 5.50 Å². The maximum absolute atomic E-state index is 12.7. The molecule has 0 bridgehead atoms. The number of benzene rings is 1. The molecule has 0 saturated carbocycles. The van der Waals surface area contributed by atoms with E-state index < -0.39 is 14.6 Å². The van der Waals surface area contributed by atoms with Crippen molar-refractivity contribution < 1.29 is 13.2 Å². The van der Waals surface area contributed by atoms with Gasteiger partial charge in [0.2, 0.25) is 8.80 Å². The van der Waals surface area contributed by atoms with E-state index in [2.05, 4.69) is 0 Å². The molecule has 1 rings (SSSR count). The molecule has 0 N–H and O–H groups in total. The van der Waals surface area contributed by atoms with Gasteiger partial charge < -0.3 is 0 Å². The number of aryl methyl sites for hydroxylation is 1. The lowest BCUT2D eigenvalue weighted by Gasteiger charge is -2.18. The molecule has 0 saturated heterocycles. The van der Waals surface area contributed by atoms with Crippen molar-refractivity contribution in [3.05, 3.63) is 29.3 Å². The molecule has 0 atom stereocenters. The summed E-state index contributed by atoms with van der Waals surface area (Å²) in [6, 6.07) is 5.00. The second-order valence-electron chi connectivity index (χ2n) is 3.36. The van der Waals surface area contributed by atoms with Crippen LogP contribution in [0.4, 0.5) is 13.2 Å². The molecule has 0 spiro atoms.